The summed E-state index contributed by atoms with van der Waals surface area (Å²) >= 11 is 0. The zero-order chi connectivity index (χ0) is 24.9. The third kappa shape index (κ3) is 5.04. The quantitative estimate of drug-likeness (QED) is 0.248. The number of carbonyl (C=O) groups is 2. The van der Waals surface area contributed by atoms with Crippen LogP contribution in [-0.2, 0) is 11.2 Å². The smallest absolute Gasteiger partial charge is 0.307 e. The summed E-state index contributed by atoms with van der Waals surface area (Å²) in [5.74, 6) is 1.07. The van der Waals surface area contributed by atoms with Crippen LogP contribution in [0, 0.1) is 0 Å². The fraction of sp³-hybridized carbons (Fsp3) is 0.143. The minimum absolute atomic E-state index is 0.227. The van der Waals surface area contributed by atoms with Crippen molar-refractivity contribution >= 4 is 28.8 Å². The first-order valence-corrected chi connectivity index (χ1v) is 10.8. The molecule has 0 aliphatic rings. The fourth-order valence-electron chi connectivity index (χ4n) is 3.83. The van der Waals surface area contributed by atoms with E-state index in [1.807, 2.05) is 6.07 Å². The van der Waals surface area contributed by atoms with Gasteiger partial charge in [-0.05, 0) is 66.2 Å². The minimum Gasteiger partial charge on any atom is -0.497 e. The van der Waals surface area contributed by atoms with Gasteiger partial charge in [-0.3, -0.25) is 9.59 Å². The topological polar surface area (TPSA) is 95.2 Å². The van der Waals surface area contributed by atoms with E-state index in [9.17, 15) is 14.7 Å². The molecule has 1 aromatic heterocycles. The Morgan fingerprint density at radius 3 is 2.29 bits per heavy atom. The highest BCUT2D eigenvalue weighted by molar-refractivity contribution is 6.09. The third-order valence-corrected chi connectivity index (χ3v) is 5.59. The predicted molar refractivity (Wildman–Crippen MR) is 132 cm³/mol. The number of aliphatic carboxylic acids is 1. The number of rotatable bonds is 9. The summed E-state index contributed by atoms with van der Waals surface area (Å²) in [4.78, 5) is 24.5. The summed E-state index contributed by atoms with van der Waals surface area (Å²) in [5.41, 5.74) is 2.93. The molecule has 1 N–H and O–H groups in total. The second kappa shape index (κ2) is 10.2. The number of furan rings is 1. The average molecular weight is 472 g/mol. The first-order chi connectivity index (χ1) is 16.9. The lowest BCUT2D eigenvalue weighted by Crippen LogP contribution is -2.01. The predicted octanol–water partition coefficient (Wildman–Crippen LogP) is 5.65. The number of allylic oxidation sites excluding steroid dienone is 1. The Hall–Kier alpha value is -4.52. The zero-order valence-corrected chi connectivity index (χ0v) is 19.5. The van der Waals surface area contributed by atoms with Crippen LogP contribution in [0.4, 0.5) is 0 Å². The van der Waals surface area contributed by atoms with Crippen molar-refractivity contribution in [3.63, 3.8) is 0 Å². The molecule has 35 heavy (non-hydrogen) atoms. The van der Waals surface area contributed by atoms with Gasteiger partial charge in [0.1, 0.15) is 17.1 Å². The lowest BCUT2D eigenvalue weighted by atomic mass is 10.00. The molecule has 0 saturated heterocycles. The molecule has 7 nitrogen and oxygen atoms in total. The zero-order valence-electron chi connectivity index (χ0n) is 19.5. The van der Waals surface area contributed by atoms with Gasteiger partial charge in [-0.1, -0.05) is 12.1 Å². The number of benzene rings is 3. The molecule has 0 amide bonds. The van der Waals surface area contributed by atoms with Crippen molar-refractivity contribution in [1.82, 2.24) is 0 Å². The van der Waals surface area contributed by atoms with E-state index >= 15 is 0 Å². The van der Waals surface area contributed by atoms with Crippen molar-refractivity contribution in [2.45, 2.75) is 6.42 Å². The maximum atomic E-state index is 12.9. The van der Waals surface area contributed by atoms with E-state index in [1.54, 1.807) is 82.0 Å². The molecule has 178 valence electrons. The number of methoxy groups -OCH3 is 3. The molecule has 0 atom stereocenters. The Morgan fingerprint density at radius 1 is 0.886 bits per heavy atom. The molecular formula is C28H24O7. The Bertz CT molecular complexity index is 1410. The van der Waals surface area contributed by atoms with Crippen LogP contribution in [0.15, 0.2) is 71.2 Å². The Balaban J connectivity index is 1.69. The molecule has 0 spiro atoms. The van der Waals surface area contributed by atoms with Crippen LogP contribution in [0.2, 0.25) is 0 Å². The first kappa shape index (κ1) is 23.6. The summed E-state index contributed by atoms with van der Waals surface area (Å²) in [7, 11) is 4.68. The summed E-state index contributed by atoms with van der Waals surface area (Å²) in [5, 5.41) is 10.1. The molecule has 0 fully saturated rings. The molecule has 0 aliphatic heterocycles. The van der Waals surface area contributed by atoms with Gasteiger partial charge in [-0.15, -0.1) is 0 Å². The van der Waals surface area contributed by atoms with Gasteiger partial charge in [0.15, 0.2) is 17.3 Å². The van der Waals surface area contributed by atoms with Crippen molar-refractivity contribution in [3.8, 4) is 28.6 Å². The second-order valence-corrected chi connectivity index (χ2v) is 7.73. The van der Waals surface area contributed by atoms with Crippen LogP contribution in [0.25, 0.3) is 28.4 Å². The Labute approximate surface area is 202 Å². The van der Waals surface area contributed by atoms with Crippen molar-refractivity contribution in [2.75, 3.05) is 21.3 Å². The van der Waals surface area contributed by atoms with Gasteiger partial charge < -0.3 is 23.7 Å². The van der Waals surface area contributed by atoms with Crippen molar-refractivity contribution in [3.05, 3.63) is 83.4 Å². The standard InChI is InChI=1S/C28H24O7/c1-32-20-9-6-18(7-10-20)28-22(16-27(30)31)21-15-19(8-13-24(21)35-28)23(29)11-4-17-5-12-25(33-2)26(14-17)34-3/h4-15H,16H2,1-3H3,(H,30,31). The lowest BCUT2D eigenvalue weighted by Gasteiger charge is -2.07. The van der Waals surface area contributed by atoms with E-state index in [4.69, 9.17) is 18.6 Å². The Kier molecular flexibility index (Phi) is 6.87. The molecular weight excluding hydrogens is 448 g/mol. The molecule has 0 unspecified atom stereocenters. The normalized spacial score (nSPS) is 11.1. The fourth-order valence-corrected chi connectivity index (χ4v) is 3.83. The maximum Gasteiger partial charge on any atom is 0.307 e. The third-order valence-electron chi connectivity index (χ3n) is 5.59. The highest BCUT2D eigenvalue weighted by atomic mass is 16.5. The largest absolute Gasteiger partial charge is 0.497 e. The average Bonchev–Trinajstić information content (AvgIpc) is 3.23. The van der Waals surface area contributed by atoms with Gasteiger partial charge in [-0.2, -0.15) is 0 Å². The summed E-state index contributed by atoms with van der Waals surface area (Å²) < 4.78 is 21.8. The van der Waals surface area contributed by atoms with E-state index in [-0.39, 0.29) is 12.2 Å². The molecule has 7 heteroatoms. The van der Waals surface area contributed by atoms with Crippen LogP contribution < -0.4 is 14.2 Å². The van der Waals surface area contributed by atoms with Crippen LogP contribution in [0.1, 0.15) is 21.5 Å². The van der Waals surface area contributed by atoms with Crippen LogP contribution in [0.5, 0.6) is 17.2 Å². The number of hydrogen-bond donors (Lipinski definition) is 1. The van der Waals surface area contributed by atoms with Crippen LogP contribution >= 0.6 is 0 Å². The number of carboxylic acid groups (broad SMARTS) is 1. The monoisotopic (exact) mass is 472 g/mol. The number of fused-ring (bicyclic) bond motifs is 1. The number of ketones is 1. The molecule has 1 heterocycles. The number of carbonyl (C=O) groups excluding carboxylic acids is 1. The van der Waals surface area contributed by atoms with E-state index in [0.717, 1.165) is 11.1 Å². The number of ether oxygens (including phenoxy) is 3. The minimum atomic E-state index is -0.993. The lowest BCUT2D eigenvalue weighted by molar-refractivity contribution is -0.136. The molecule has 0 saturated carbocycles. The summed E-state index contributed by atoms with van der Waals surface area (Å²) in [6, 6.07) is 17.5. The van der Waals surface area contributed by atoms with E-state index in [0.29, 0.717) is 45.1 Å². The van der Waals surface area contributed by atoms with Gasteiger partial charge in [0, 0.05) is 22.1 Å². The van der Waals surface area contributed by atoms with Gasteiger partial charge in [-0.25, -0.2) is 0 Å². The first-order valence-electron chi connectivity index (χ1n) is 10.8. The highest BCUT2D eigenvalue weighted by Crippen LogP contribution is 2.35. The molecule has 0 radical (unpaired) electrons. The van der Waals surface area contributed by atoms with Gasteiger partial charge in [0.25, 0.3) is 0 Å². The number of carboxylic acids is 1. The van der Waals surface area contributed by atoms with Gasteiger partial charge >= 0.3 is 5.97 Å². The molecule has 0 aliphatic carbocycles. The molecule has 3 aromatic carbocycles. The summed E-state index contributed by atoms with van der Waals surface area (Å²) in [6.07, 6.45) is 2.90. The van der Waals surface area contributed by atoms with Crippen LogP contribution in [0.3, 0.4) is 0 Å². The molecule has 4 aromatic rings. The van der Waals surface area contributed by atoms with E-state index in [1.165, 1.54) is 6.08 Å². The summed E-state index contributed by atoms with van der Waals surface area (Å²) in [6.45, 7) is 0. The Morgan fingerprint density at radius 2 is 1.63 bits per heavy atom. The van der Waals surface area contributed by atoms with Gasteiger partial charge in [0.05, 0.1) is 27.8 Å². The second-order valence-electron chi connectivity index (χ2n) is 7.73. The highest BCUT2D eigenvalue weighted by Gasteiger charge is 2.19. The molecule has 0 bridgehead atoms. The maximum absolute atomic E-state index is 12.9. The van der Waals surface area contributed by atoms with Crippen molar-refractivity contribution < 1.29 is 33.3 Å². The van der Waals surface area contributed by atoms with Gasteiger partial charge in [0.2, 0.25) is 0 Å². The van der Waals surface area contributed by atoms with Crippen LogP contribution in [-0.4, -0.2) is 38.2 Å². The van der Waals surface area contributed by atoms with Crippen molar-refractivity contribution in [1.29, 1.82) is 0 Å². The number of hydrogen-bond acceptors (Lipinski definition) is 6. The SMILES string of the molecule is COc1ccc(-c2oc3ccc(C(=O)C=Cc4ccc(OC)c(OC)c4)cc3c2CC(=O)O)cc1. The molecule has 4 rings (SSSR count). The van der Waals surface area contributed by atoms with E-state index in [2.05, 4.69) is 0 Å². The van der Waals surface area contributed by atoms with E-state index < -0.39 is 5.97 Å². The van der Waals surface area contributed by atoms with Crippen molar-refractivity contribution in [2.24, 2.45) is 0 Å².